The number of rotatable bonds is 7. The molecule has 0 saturated carbocycles. The van der Waals surface area contributed by atoms with Crippen LogP contribution in [0.2, 0.25) is 0 Å². The van der Waals surface area contributed by atoms with Crippen molar-refractivity contribution >= 4 is 15.9 Å². The molecule has 0 bridgehead atoms. The number of aliphatic hydroxyl groups excluding tert-OH is 1. The lowest BCUT2D eigenvalue weighted by Crippen LogP contribution is -2.15. The minimum absolute atomic E-state index is 0.244. The third-order valence-electron chi connectivity index (χ3n) is 2.16. The van der Waals surface area contributed by atoms with Gasteiger partial charge in [-0.15, -0.1) is 0 Å². The molecule has 1 aromatic heterocycles. The van der Waals surface area contributed by atoms with Gasteiger partial charge in [0, 0.05) is 13.7 Å². The largest absolute Gasteiger partial charge is 0.384 e. The van der Waals surface area contributed by atoms with Gasteiger partial charge in [0.15, 0.2) is 0 Å². The lowest BCUT2D eigenvalue weighted by Gasteiger charge is -2.13. The fourth-order valence-corrected chi connectivity index (χ4v) is 1.93. The Morgan fingerprint density at radius 1 is 1.56 bits per heavy atom. The van der Waals surface area contributed by atoms with Crippen LogP contribution in [-0.2, 0) is 16.0 Å². The number of aromatic nitrogens is 2. The molecule has 1 atom stereocenters. The van der Waals surface area contributed by atoms with E-state index < -0.39 is 6.10 Å². The quantitative estimate of drug-likeness (QED) is 0.771. The van der Waals surface area contributed by atoms with Gasteiger partial charge in [-0.2, -0.15) is 5.10 Å². The summed E-state index contributed by atoms with van der Waals surface area (Å²) in [6, 6.07) is 0. The van der Waals surface area contributed by atoms with Crippen LogP contribution < -0.4 is 0 Å². The predicted octanol–water partition coefficient (Wildman–Crippen LogP) is 1.36. The number of hydrogen-bond acceptors (Lipinski definition) is 4. The molecule has 0 aliphatic carbocycles. The first kappa shape index (κ1) is 13.6. The molecular weight excluding hydrogens is 276 g/mol. The second-order valence-corrected chi connectivity index (χ2v) is 4.13. The van der Waals surface area contributed by atoms with Gasteiger partial charge >= 0.3 is 0 Å². The number of halogens is 1. The van der Waals surface area contributed by atoms with Gasteiger partial charge in [0.05, 0.1) is 36.2 Å². The van der Waals surface area contributed by atoms with Crippen LogP contribution in [0.15, 0.2) is 10.7 Å². The van der Waals surface area contributed by atoms with Gasteiger partial charge in [0.25, 0.3) is 0 Å². The third kappa shape index (κ3) is 3.55. The molecule has 0 amide bonds. The maximum Gasteiger partial charge on any atom is 0.120 e. The van der Waals surface area contributed by atoms with E-state index in [1.807, 2.05) is 6.92 Å². The first-order chi connectivity index (χ1) is 7.70. The second-order valence-electron chi connectivity index (χ2n) is 3.28. The van der Waals surface area contributed by atoms with Crippen LogP contribution in [0.1, 0.15) is 18.7 Å². The molecule has 0 radical (unpaired) electrons. The fraction of sp³-hybridized carbons (Fsp3) is 0.700. The van der Waals surface area contributed by atoms with Crippen molar-refractivity contribution in [3.05, 3.63) is 16.4 Å². The molecule has 0 saturated heterocycles. The minimum Gasteiger partial charge on any atom is -0.384 e. The molecule has 0 aliphatic rings. The number of aliphatic hydroxyl groups is 1. The molecule has 1 aromatic rings. The van der Waals surface area contributed by atoms with Gasteiger partial charge in [0.1, 0.15) is 6.10 Å². The molecule has 5 nitrogen and oxygen atoms in total. The Hall–Kier alpha value is -0.430. The lowest BCUT2D eigenvalue weighted by atomic mass is 10.2. The van der Waals surface area contributed by atoms with Gasteiger partial charge in [-0.3, -0.25) is 4.68 Å². The van der Waals surface area contributed by atoms with E-state index in [2.05, 4.69) is 21.0 Å². The number of methoxy groups -OCH3 is 1. The van der Waals surface area contributed by atoms with Crippen molar-refractivity contribution in [3.63, 3.8) is 0 Å². The number of nitrogens with zero attached hydrogens (tertiary/aromatic N) is 2. The molecule has 0 spiro atoms. The van der Waals surface area contributed by atoms with Crippen LogP contribution in [0.3, 0.4) is 0 Å². The van der Waals surface area contributed by atoms with Gasteiger partial charge in [-0.1, -0.05) is 0 Å². The molecule has 1 rings (SSSR count). The highest BCUT2D eigenvalue weighted by atomic mass is 79.9. The normalized spacial score (nSPS) is 13.0. The van der Waals surface area contributed by atoms with Crippen molar-refractivity contribution in [3.8, 4) is 0 Å². The zero-order valence-electron chi connectivity index (χ0n) is 9.52. The average Bonchev–Trinajstić information content (AvgIpc) is 2.65. The molecule has 0 fully saturated rings. The summed E-state index contributed by atoms with van der Waals surface area (Å²) in [7, 11) is 1.61. The standard InChI is InChI=1S/C10H17BrN2O3/c1-3-13-10(8(11)6-12-13)9(14)7-16-5-4-15-2/h6,9,14H,3-5,7H2,1-2H3. The molecule has 16 heavy (non-hydrogen) atoms. The van der Waals surface area contributed by atoms with E-state index in [4.69, 9.17) is 9.47 Å². The molecule has 92 valence electrons. The van der Waals surface area contributed by atoms with Crippen LogP contribution in [0, 0.1) is 0 Å². The SMILES string of the molecule is CCn1ncc(Br)c1C(O)COCCOC. The summed E-state index contributed by atoms with van der Waals surface area (Å²) in [6.07, 6.45) is 1.01. The molecule has 0 aromatic carbocycles. The molecule has 0 aliphatic heterocycles. The Kier molecular flexibility index (Phi) is 5.97. The highest BCUT2D eigenvalue weighted by Gasteiger charge is 2.17. The van der Waals surface area contributed by atoms with Crippen molar-refractivity contribution in [2.24, 2.45) is 0 Å². The van der Waals surface area contributed by atoms with Crippen LogP contribution in [0.5, 0.6) is 0 Å². The Bertz CT molecular complexity index is 317. The van der Waals surface area contributed by atoms with E-state index in [1.165, 1.54) is 0 Å². The van der Waals surface area contributed by atoms with Crippen LogP contribution in [0.25, 0.3) is 0 Å². The van der Waals surface area contributed by atoms with Crippen molar-refractivity contribution < 1.29 is 14.6 Å². The number of hydrogen-bond donors (Lipinski definition) is 1. The third-order valence-corrected chi connectivity index (χ3v) is 2.77. The summed E-state index contributed by atoms with van der Waals surface area (Å²) in [6.45, 7) is 3.94. The van der Waals surface area contributed by atoms with Gasteiger partial charge < -0.3 is 14.6 Å². The zero-order valence-corrected chi connectivity index (χ0v) is 11.1. The Labute approximate surface area is 103 Å². The maximum absolute atomic E-state index is 9.94. The van der Waals surface area contributed by atoms with Gasteiger partial charge in [-0.05, 0) is 22.9 Å². The highest BCUT2D eigenvalue weighted by Crippen LogP contribution is 2.23. The number of aryl methyl sites for hydroxylation is 1. The van der Waals surface area contributed by atoms with Crippen molar-refractivity contribution in [2.75, 3.05) is 26.9 Å². The molecule has 1 unspecified atom stereocenters. The van der Waals surface area contributed by atoms with Gasteiger partial charge in [-0.25, -0.2) is 0 Å². The van der Waals surface area contributed by atoms with E-state index in [0.717, 1.165) is 16.7 Å². The topological polar surface area (TPSA) is 56.5 Å². The molecular formula is C10H17BrN2O3. The Morgan fingerprint density at radius 3 is 2.94 bits per heavy atom. The summed E-state index contributed by atoms with van der Waals surface area (Å²) in [4.78, 5) is 0. The number of ether oxygens (including phenoxy) is 2. The minimum atomic E-state index is -0.673. The van der Waals surface area contributed by atoms with E-state index in [1.54, 1.807) is 18.0 Å². The summed E-state index contributed by atoms with van der Waals surface area (Å²) >= 11 is 3.36. The summed E-state index contributed by atoms with van der Waals surface area (Å²) in [5.74, 6) is 0. The summed E-state index contributed by atoms with van der Waals surface area (Å²) in [5, 5.41) is 14.1. The van der Waals surface area contributed by atoms with Gasteiger partial charge in [0.2, 0.25) is 0 Å². The van der Waals surface area contributed by atoms with Crippen LogP contribution >= 0.6 is 15.9 Å². The fourth-order valence-electron chi connectivity index (χ4n) is 1.37. The summed E-state index contributed by atoms with van der Waals surface area (Å²) in [5.41, 5.74) is 0.750. The maximum atomic E-state index is 9.94. The zero-order chi connectivity index (χ0) is 12.0. The second kappa shape index (κ2) is 7.01. The van der Waals surface area contributed by atoms with E-state index in [-0.39, 0.29) is 6.61 Å². The van der Waals surface area contributed by atoms with Crippen molar-refractivity contribution in [1.29, 1.82) is 0 Å². The monoisotopic (exact) mass is 292 g/mol. The van der Waals surface area contributed by atoms with Crippen LogP contribution in [0.4, 0.5) is 0 Å². The summed E-state index contributed by atoms with van der Waals surface area (Å²) < 4.78 is 12.7. The van der Waals surface area contributed by atoms with E-state index in [9.17, 15) is 5.11 Å². The molecule has 1 heterocycles. The first-order valence-corrected chi connectivity index (χ1v) is 5.96. The Morgan fingerprint density at radius 2 is 2.31 bits per heavy atom. The van der Waals surface area contributed by atoms with Crippen LogP contribution in [-0.4, -0.2) is 41.8 Å². The van der Waals surface area contributed by atoms with Crippen molar-refractivity contribution in [2.45, 2.75) is 19.6 Å². The highest BCUT2D eigenvalue weighted by molar-refractivity contribution is 9.10. The Balaban J connectivity index is 2.51. The predicted molar refractivity (Wildman–Crippen MR) is 63.3 cm³/mol. The van der Waals surface area contributed by atoms with E-state index in [0.29, 0.717) is 13.2 Å². The molecule has 1 N–H and O–H groups in total. The average molecular weight is 293 g/mol. The lowest BCUT2D eigenvalue weighted by molar-refractivity contribution is 0.00916. The molecule has 6 heteroatoms. The van der Waals surface area contributed by atoms with Crippen molar-refractivity contribution in [1.82, 2.24) is 9.78 Å². The smallest absolute Gasteiger partial charge is 0.120 e. The van der Waals surface area contributed by atoms with E-state index >= 15 is 0 Å². The first-order valence-electron chi connectivity index (χ1n) is 5.16.